The number of urea groups is 1. The van der Waals surface area contributed by atoms with Gasteiger partial charge in [-0.1, -0.05) is 30.3 Å². The van der Waals surface area contributed by atoms with Crippen LogP contribution < -0.4 is 16.0 Å². The van der Waals surface area contributed by atoms with Gasteiger partial charge < -0.3 is 30.9 Å². The fourth-order valence-corrected chi connectivity index (χ4v) is 5.51. The Bertz CT molecular complexity index is 1090. The second-order valence-corrected chi connectivity index (χ2v) is 10.4. The lowest BCUT2D eigenvalue weighted by Crippen LogP contribution is -2.56. The molecule has 2 fully saturated rings. The van der Waals surface area contributed by atoms with Gasteiger partial charge in [-0.3, -0.25) is 15.1 Å². The van der Waals surface area contributed by atoms with Gasteiger partial charge in [0, 0.05) is 51.5 Å². The topological polar surface area (TPSA) is 124 Å². The van der Waals surface area contributed by atoms with Crippen molar-refractivity contribution in [2.75, 3.05) is 38.5 Å². The highest BCUT2D eigenvalue weighted by Crippen LogP contribution is 2.36. The number of carbonyl (C=O) groups excluding carboxylic acids is 1. The van der Waals surface area contributed by atoms with Gasteiger partial charge in [0.05, 0.1) is 6.04 Å². The van der Waals surface area contributed by atoms with Crippen molar-refractivity contribution in [1.29, 1.82) is 0 Å². The van der Waals surface area contributed by atoms with E-state index in [9.17, 15) is 20.1 Å². The molecule has 0 spiro atoms. The largest absolute Gasteiger partial charge is 0.379 e. The van der Waals surface area contributed by atoms with Crippen molar-refractivity contribution in [3.8, 4) is 0 Å². The zero-order valence-corrected chi connectivity index (χ0v) is 21.3. The molecule has 4 unspecified atom stereocenters. The highest BCUT2D eigenvalue weighted by atomic mass is 16.3. The van der Waals surface area contributed by atoms with Crippen molar-refractivity contribution >= 4 is 11.7 Å². The lowest BCUT2D eigenvalue weighted by atomic mass is 10.0. The van der Waals surface area contributed by atoms with Crippen molar-refractivity contribution in [3.05, 3.63) is 64.7 Å². The highest BCUT2D eigenvalue weighted by Gasteiger charge is 2.39. The van der Waals surface area contributed by atoms with Crippen molar-refractivity contribution < 1.29 is 20.1 Å². The number of benzene rings is 2. The van der Waals surface area contributed by atoms with Crippen LogP contribution in [0.4, 0.5) is 10.5 Å². The van der Waals surface area contributed by atoms with Gasteiger partial charge in [-0.15, -0.1) is 0 Å². The van der Waals surface area contributed by atoms with E-state index < -0.39 is 18.7 Å². The molecule has 2 aromatic rings. The molecule has 10 nitrogen and oxygen atoms in total. The quantitative estimate of drug-likeness (QED) is 0.340. The van der Waals surface area contributed by atoms with Crippen LogP contribution in [0.1, 0.15) is 41.3 Å². The van der Waals surface area contributed by atoms with E-state index in [0.717, 1.165) is 55.1 Å². The molecule has 6 N–H and O–H groups in total. The van der Waals surface area contributed by atoms with Crippen molar-refractivity contribution in [1.82, 2.24) is 25.3 Å². The standard InChI is InChI=1S/C27H38N6O4/c1-31-9-11-32(12-10-31)16-19-3-2-4-21(14-19)29-27(37)28-15-18-5-6-22-20(13-18)17-33(26(22)36)23-7-8-24(34)30-25(23)35/h2-6,13-14,23-26,30,34-36H,7-12,15-17H2,1H3,(H2,28,29,37). The zero-order valence-electron chi connectivity index (χ0n) is 21.3. The molecule has 3 aliphatic heterocycles. The molecule has 5 rings (SSSR count). The smallest absolute Gasteiger partial charge is 0.319 e. The molecule has 0 aliphatic carbocycles. The minimum Gasteiger partial charge on any atom is -0.379 e. The lowest BCUT2D eigenvalue weighted by molar-refractivity contribution is -0.104. The minimum atomic E-state index is -0.905. The van der Waals surface area contributed by atoms with E-state index in [0.29, 0.717) is 25.9 Å². The Morgan fingerprint density at radius 2 is 1.84 bits per heavy atom. The summed E-state index contributed by atoms with van der Waals surface area (Å²) in [4.78, 5) is 19.2. The third kappa shape index (κ3) is 6.29. The van der Waals surface area contributed by atoms with Gasteiger partial charge in [-0.2, -0.15) is 0 Å². The molecule has 4 atom stereocenters. The second kappa shape index (κ2) is 11.4. The van der Waals surface area contributed by atoms with E-state index in [-0.39, 0.29) is 12.1 Å². The molecule has 2 amide bonds. The summed E-state index contributed by atoms with van der Waals surface area (Å²) in [6.07, 6.45) is -1.33. The van der Waals surface area contributed by atoms with Crippen LogP contribution in [0.15, 0.2) is 42.5 Å². The summed E-state index contributed by atoms with van der Waals surface area (Å²) in [7, 11) is 2.15. The molecule has 2 saturated heterocycles. The van der Waals surface area contributed by atoms with Crippen LogP contribution in [0.25, 0.3) is 0 Å². The number of fused-ring (bicyclic) bond motifs is 1. The Morgan fingerprint density at radius 1 is 1.03 bits per heavy atom. The fourth-order valence-electron chi connectivity index (χ4n) is 5.51. The second-order valence-electron chi connectivity index (χ2n) is 10.4. The van der Waals surface area contributed by atoms with Gasteiger partial charge in [0.2, 0.25) is 0 Å². The maximum absolute atomic E-state index is 12.6. The Morgan fingerprint density at radius 3 is 2.62 bits per heavy atom. The molecule has 37 heavy (non-hydrogen) atoms. The summed E-state index contributed by atoms with van der Waals surface area (Å²) >= 11 is 0. The Balaban J connectivity index is 1.13. The highest BCUT2D eigenvalue weighted by molar-refractivity contribution is 5.89. The average molecular weight is 511 g/mol. The Kier molecular flexibility index (Phi) is 8.06. The third-order valence-electron chi connectivity index (χ3n) is 7.68. The molecule has 0 bridgehead atoms. The van der Waals surface area contributed by atoms with Gasteiger partial charge in [0.25, 0.3) is 0 Å². The molecule has 2 aromatic carbocycles. The van der Waals surface area contributed by atoms with E-state index in [1.165, 1.54) is 5.56 Å². The van der Waals surface area contributed by atoms with E-state index in [1.54, 1.807) is 0 Å². The zero-order chi connectivity index (χ0) is 25.9. The third-order valence-corrected chi connectivity index (χ3v) is 7.68. The van der Waals surface area contributed by atoms with Crippen LogP contribution >= 0.6 is 0 Å². The maximum Gasteiger partial charge on any atom is 0.319 e. The number of carbonyl (C=O) groups is 1. The Labute approximate surface area is 217 Å². The number of likely N-dealkylation sites (N-methyl/N-ethyl adjacent to an activating group) is 1. The molecule has 10 heteroatoms. The fraction of sp³-hybridized carbons (Fsp3) is 0.519. The summed E-state index contributed by atoms with van der Waals surface area (Å²) in [5, 5.41) is 39.5. The summed E-state index contributed by atoms with van der Waals surface area (Å²) in [5.41, 5.74) is 4.66. The number of aliphatic hydroxyl groups is 3. The van der Waals surface area contributed by atoms with Crippen molar-refractivity contribution in [3.63, 3.8) is 0 Å². The maximum atomic E-state index is 12.6. The van der Waals surface area contributed by atoms with Crippen LogP contribution in [0, 0.1) is 0 Å². The van der Waals surface area contributed by atoms with Gasteiger partial charge in [-0.25, -0.2) is 4.79 Å². The van der Waals surface area contributed by atoms with Gasteiger partial charge in [-0.05, 0) is 54.3 Å². The first-order valence-electron chi connectivity index (χ1n) is 13.1. The first kappa shape index (κ1) is 26.1. The van der Waals surface area contributed by atoms with Crippen LogP contribution in [-0.2, 0) is 19.6 Å². The summed E-state index contributed by atoms with van der Waals surface area (Å²) < 4.78 is 0. The molecule has 200 valence electrons. The normalized spacial score (nSPS) is 27.1. The van der Waals surface area contributed by atoms with Crippen LogP contribution in [0.3, 0.4) is 0 Å². The minimum absolute atomic E-state index is 0.270. The SMILES string of the molecule is CN1CCN(Cc2cccc(NC(=O)NCc3ccc4c(c3)CN(C3CCC(O)NC3O)C4O)c2)CC1. The molecular weight excluding hydrogens is 472 g/mol. The van der Waals surface area contributed by atoms with E-state index in [4.69, 9.17) is 0 Å². The number of anilines is 1. The number of nitrogens with zero attached hydrogens (tertiary/aromatic N) is 3. The number of nitrogens with one attached hydrogen (secondary N) is 3. The van der Waals surface area contributed by atoms with Gasteiger partial charge >= 0.3 is 6.03 Å². The first-order chi connectivity index (χ1) is 17.9. The number of rotatable bonds is 6. The monoisotopic (exact) mass is 510 g/mol. The van der Waals surface area contributed by atoms with E-state index in [2.05, 4.69) is 38.9 Å². The number of piperazine rings is 1. The number of aliphatic hydroxyl groups excluding tert-OH is 3. The number of hydrogen-bond acceptors (Lipinski definition) is 8. The molecular formula is C27H38N6O4. The summed E-state index contributed by atoms with van der Waals surface area (Å²) in [5.74, 6) is 0. The average Bonchev–Trinajstić information content (AvgIpc) is 3.20. The van der Waals surface area contributed by atoms with Crippen LogP contribution in [0.2, 0.25) is 0 Å². The van der Waals surface area contributed by atoms with Crippen molar-refractivity contribution in [2.45, 2.75) is 57.2 Å². The Hall–Kier alpha value is -2.57. The molecule has 0 saturated carbocycles. The summed E-state index contributed by atoms with van der Waals surface area (Å²) in [6, 6.07) is 13.2. The lowest BCUT2D eigenvalue weighted by Gasteiger charge is -2.39. The predicted molar refractivity (Wildman–Crippen MR) is 140 cm³/mol. The van der Waals surface area contributed by atoms with Crippen LogP contribution in [-0.4, -0.2) is 87.8 Å². The van der Waals surface area contributed by atoms with Crippen LogP contribution in [0.5, 0.6) is 0 Å². The first-order valence-corrected chi connectivity index (χ1v) is 13.1. The number of hydrogen-bond donors (Lipinski definition) is 6. The van der Waals surface area contributed by atoms with E-state index in [1.807, 2.05) is 41.3 Å². The van der Waals surface area contributed by atoms with Gasteiger partial charge in [0.15, 0.2) is 0 Å². The van der Waals surface area contributed by atoms with Crippen molar-refractivity contribution in [2.24, 2.45) is 0 Å². The van der Waals surface area contributed by atoms with Gasteiger partial charge in [0.1, 0.15) is 18.7 Å². The number of piperidine rings is 1. The van der Waals surface area contributed by atoms with E-state index >= 15 is 0 Å². The molecule has 3 aliphatic rings. The molecule has 0 radical (unpaired) electrons. The number of amides is 2. The molecule has 3 heterocycles. The predicted octanol–water partition coefficient (Wildman–Crippen LogP) is 0.951. The summed E-state index contributed by atoms with van der Waals surface area (Å²) in [6.45, 7) is 5.97. The molecule has 0 aromatic heterocycles.